The fraction of sp³-hybridized carbons (Fsp3) is 0.240. The van der Waals surface area contributed by atoms with Gasteiger partial charge in [-0.3, -0.25) is 9.59 Å². The molecule has 1 saturated carbocycles. The quantitative estimate of drug-likeness (QED) is 0.375. The summed E-state index contributed by atoms with van der Waals surface area (Å²) in [6.07, 6.45) is 5.46. The molecular formula is C25H23N5O4. The molecule has 172 valence electrons. The Kier molecular flexibility index (Phi) is 5.67. The van der Waals surface area contributed by atoms with Gasteiger partial charge in [0.1, 0.15) is 11.6 Å². The van der Waals surface area contributed by atoms with E-state index in [2.05, 4.69) is 15.3 Å². The van der Waals surface area contributed by atoms with Gasteiger partial charge in [0.2, 0.25) is 6.39 Å². The fourth-order valence-corrected chi connectivity index (χ4v) is 3.72. The maximum absolute atomic E-state index is 13.2. The van der Waals surface area contributed by atoms with Gasteiger partial charge in [-0.25, -0.2) is 4.68 Å². The number of aromatic nitrogens is 4. The summed E-state index contributed by atoms with van der Waals surface area (Å²) in [5, 5.41) is 11.7. The molecule has 0 amide bonds. The van der Waals surface area contributed by atoms with Crippen molar-refractivity contribution >= 4 is 17.4 Å². The molecule has 2 aromatic carbocycles. The molecule has 1 fully saturated rings. The summed E-state index contributed by atoms with van der Waals surface area (Å²) in [5.41, 5.74) is 9.22. The lowest BCUT2D eigenvalue weighted by Gasteiger charge is -2.11. The van der Waals surface area contributed by atoms with E-state index < -0.39 is 0 Å². The van der Waals surface area contributed by atoms with Gasteiger partial charge in [0.25, 0.3) is 5.89 Å². The molecule has 9 nitrogen and oxygen atoms in total. The molecule has 2 heterocycles. The molecule has 2 N–H and O–H groups in total. The number of hydrogen-bond acceptors (Lipinski definition) is 8. The van der Waals surface area contributed by atoms with Gasteiger partial charge >= 0.3 is 0 Å². The minimum absolute atomic E-state index is 0.0901. The molecule has 0 aliphatic heterocycles. The van der Waals surface area contributed by atoms with Crippen molar-refractivity contribution in [2.75, 3.05) is 5.73 Å². The maximum Gasteiger partial charge on any atom is 0.253 e. The van der Waals surface area contributed by atoms with Crippen LogP contribution in [0.5, 0.6) is 5.75 Å². The third-order valence-electron chi connectivity index (χ3n) is 5.85. The van der Waals surface area contributed by atoms with Gasteiger partial charge in [-0.2, -0.15) is 5.10 Å². The minimum Gasteiger partial charge on any atom is -0.484 e. The number of carbonyl (C=O) groups excluding carboxylic acids is 2. The van der Waals surface area contributed by atoms with Crippen molar-refractivity contribution in [1.29, 1.82) is 0 Å². The average molecular weight is 457 g/mol. The maximum atomic E-state index is 13.2. The zero-order valence-corrected chi connectivity index (χ0v) is 18.6. The number of ether oxygens (including phenoxy) is 1. The largest absolute Gasteiger partial charge is 0.484 e. The summed E-state index contributed by atoms with van der Waals surface area (Å²) in [6, 6.07) is 12.3. The van der Waals surface area contributed by atoms with Crippen molar-refractivity contribution in [2.45, 2.75) is 32.8 Å². The van der Waals surface area contributed by atoms with E-state index >= 15 is 0 Å². The van der Waals surface area contributed by atoms with Crippen molar-refractivity contribution < 1.29 is 18.7 Å². The van der Waals surface area contributed by atoms with E-state index in [1.54, 1.807) is 30.3 Å². The number of anilines is 1. The summed E-state index contributed by atoms with van der Waals surface area (Å²) in [5.74, 6) is 1.34. The van der Waals surface area contributed by atoms with E-state index in [4.69, 9.17) is 14.9 Å². The van der Waals surface area contributed by atoms with Crippen LogP contribution in [0.2, 0.25) is 0 Å². The van der Waals surface area contributed by atoms with Crippen LogP contribution in [0.4, 0.5) is 5.82 Å². The summed E-state index contributed by atoms with van der Waals surface area (Å²) in [6.45, 7) is 2.00. The van der Waals surface area contributed by atoms with E-state index in [0.29, 0.717) is 40.8 Å². The molecule has 0 spiro atoms. The second-order valence-corrected chi connectivity index (χ2v) is 8.41. The Morgan fingerprint density at radius 3 is 2.79 bits per heavy atom. The first-order chi connectivity index (χ1) is 16.5. The van der Waals surface area contributed by atoms with Crippen molar-refractivity contribution in [1.82, 2.24) is 20.0 Å². The number of aryl methyl sites for hydroxylation is 1. The Hall–Kier alpha value is -4.27. The number of Topliss-reactive ketones (excluding diaryl/α,β-unsaturated/α-hetero) is 1. The van der Waals surface area contributed by atoms with Gasteiger partial charge in [0.05, 0.1) is 17.4 Å². The van der Waals surface area contributed by atoms with E-state index in [1.807, 2.05) is 19.1 Å². The highest BCUT2D eigenvalue weighted by molar-refractivity contribution is 6.11. The number of rotatable bonds is 9. The Morgan fingerprint density at radius 2 is 2.03 bits per heavy atom. The average Bonchev–Trinajstić information content (AvgIpc) is 3.34. The van der Waals surface area contributed by atoms with E-state index in [0.717, 1.165) is 18.4 Å². The highest BCUT2D eigenvalue weighted by Gasteiger charge is 2.25. The van der Waals surface area contributed by atoms with Gasteiger partial charge in [-0.15, -0.1) is 10.2 Å². The topological polar surface area (TPSA) is 126 Å². The van der Waals surface area contributed by atoms with Gasteiger partial charge in [-0.05, 0) is 49.4 Å². The zero-order valence-electron chi connectivity index (χ0n) is 18.6. The molecule has 5 rings (SSSR count). The molecule has 34 heavy (non-hydrogen) atoms. The molecule has 0 unspecified atom stereocenters. The van der Waals surface area contributed by atoms with Crippen molar-refractivity contribution in [3.05, 3.63) is 83.2 Å². The molecule has 0 atom stereocenters. The van der Waals surface area contributed by atoms with Crippen molar-refractivity contribution in [2.24, 2.45) is 5.92 Å². The standard InChI is InChI=1S/C25H23N5O4/c1-15-5-8-17(22(31)9-16-6-7-16)11-21(15)30-25(26)20(12-28-30)24(32)18-3-2-4-19(10-18)33-13-23-29-27-14-34-23/h2-5,8,10-12,14,16H,6-7,9,13,26H2,1H3. The number of nitrogens with two attached hydrogens (primary N) is 1. The van der Waals surface area contributed by atoms with Gasteiger partial charge in [0, 0.05) is 17.5 Å². The smallest absolute Gasteiger partial charge is 0.253 e. The van der Waals surface area contributed by atoms with Crippen LogP contribution >= 0.6 is 0 Å². The fourth-order valence-electron chi connectivity index (χ4n) is 3.72. The minimum atomic E-state index is -0.286. The predicted octanol–water partition coefficient (Wildman–Crippen LogP) is 3.94. The van der Waals surface area contributed by atoms with Crippen LogP contribution in [0.1, 0.15) is 57.0 Å². The van der Waals surface area contributed by atoms with Crippen molar-refractivity contribution in [3.63, 3.8) is 0 Å². The molecule has 1 aliphatic rings. The Labute approximate surface area is 195 Å². The number of carbonyl (C=O) groups is 2. The van der Waals surface area contributed by atoms with Crippen molar-refractivity contribution in [3.8, 4) is 11.4 Å². The normalized spacial score (nSPS) is 13.1. The first kappa shape index (κ1) is 21.6. The van der Waals surface area contributed by atoms with E-state index in [1.165, 1.54) is 17.3 Å². The molecule has 0 radical (unpaired) electrons. The molecule has 9 heteroatoms. The lowest BCUT2D eigenvalue weighted by atomic mass is 10.0. The van der Waals surface area contributed by atoms with E-state index in [-0.39, 0.29) is 29.6 Å². The van der Waals surface area contributed by atoms with Crippen LogP contribution in [-0.4, -0.2) is 31.5 Å². The Morgan fingerprint density at radius 1 is 1.18 bits per heavy atom. The summed E-state index contributed by atoms with van der Waals surface area (Å²) in [4.78, 5) is 25.8. The monoisotopic (exact) mass is 457 g/mol. The van der Waals surface area contributed by atoms with Gasteiger partial charge in [0.15, 0.2) is 18.2 Å². The second kappa shape index (κ2) is 8.93. The molecule has 0 saturated heterocycles. The predicted molar refractivity (Wildman–Crippen MR) is 123 cm³/mol. The van der Waals surface area contributed by atoms with E-state index in [9.17, 15) is 9.59 Å². The third kappa shape index (κ3) is 4.45. The molecule has 1 aliphatic carbocycles. The first-order valence-electron chi connectivity index (χ1n) is 11.0. The van der Waals surface area contributed by atoms with Gasteiger partial charge in [-0.1, -0.05) is 24.3 Å². The van der Waals surface area contributed by atoms with Crippen LogP contribution < -0.4 is 10.5 Å². The van der Waals surface area contributed by atoms with Crippen LogP contribution in [0.15, 0.2) is 59.5 Å². The molecule has 4 aromatic rings. The number of nitrogens with zero attached hydrogens (tertiary/aromatic N) is 4. The Bertz CT molecular complexity index is 1360. The van der Waals surface area contributed by atoms with Gasteiger partial charge < -0.3 is 14.9 Å². The highest BCUT2D eigenvalue weighted by Crippen LogP contribution is 2.34. The first-order valence-corrected chi connectivity index (χ1v) is 11.0. The van der Waals surface area contributed by atoms with Crippen LogP contribution in [0, 0.1) is 12.8 Å². The number of hydrogen-bond donors (Lipinski definition) is 1. The third-order valence-corrected chi connectivity index (χ3v) is 5.85. The highest BCUT2D eigenvalue weighted by atomic mass is 16.5. The summed E-state index contributed by atoms with van der Waals surface area (Å²) in [7, 11) is 0. The number of benzene rings is 2. The number of nitrogen functional groups attached to an aromatic ring is 1. The zero-order chi connectivity index (χ0) is 23.7. The number of ketones is 2. The Balaban J connectivity index is 1.38. The van der Waals surface area contributed by atoms with Crippen LogP contribution in [0.25, 0.3) is 5.69 Å². The lowest BCUT2D eigenvalue weighted by Crippen LogP contribution is -2.09. The second-order valence-electron chi connectivity index (χ2n) is 8.41. The molecule has 2 aromatic heterocycles. The molecular weight excluding hydrogens is 434 g/mol. The SMILES string of the molecule is Cc1ccc(C(=O)CC2CC2)cc1-n1ncc(C(=O)c2cccc(OCc3nnco3)c2)c1N. The lowest BCUT2D eigenvalue weighted by molar-refractivity contribution is 0.0975. The molecule has 0 bridgehead atoms. The summed E-state index contributed by atoms with van der Waals surface area (Å²) >= 11 is 0. The van der Waals surface area contributed by atoms with Crippen LogP contribution in [-0.2, 0) is 6.61 Å². The summed E-state index contributed by atoms with van der Waals surface area (Å²) < 4.78 is 12.2. The van der Waals surface area contributed by atoms with Crippen LogP contribution in [0.3, 0.4) is 0 Å².